The van der Waals surface area contributed by atoms with Crippen molar-refractivity contribution in [2.75, 3.05) is 23.4 Å². The van der Waals surface area contributed by atoms with Gasteiger partial charge in [-0.1, -0.05) is 35.9 Å². The molecule has 9 heteroatoms. The van der Waals surface area contributed by atoms with Gasteiger partial charge in [0.25, 0.3) is 0 Å². The summed E-state index contributed by atoms with van der Waals surface area (Å²) >= 11 is 6.18. The van der Waals surface area contributed by atoms with Gasteiger partial charge in [0.1, 0.15) is 17.3 Å². The van der Waals surface area contributed by atoms with E-state index in [1.54, 1.807) is 40.1 Å². The monoisotopic (exact) mass is 543 g/mol. The molecule has 1 aliphatic heterocycles. The quantitative estimate of drug-likeness (QED) is 0.365. The number of carbonyl (C=O) groups excluding carboxylic acids is 1. The molecule has 4 rings (SSSR count). The maximum Gasteiger partial charge on any atom is 0.387 e. The van der Waals surface area contributed by atoms with Crippen molar-refractivity contribution in [1.82, 2.24) is 4.98 Å². The van der Waals surface area contributed by atoms with E-state index < -0.39 is 17.8 Å². The zero-order valence-electron chi connectivity index (χ0n) is 22.1. The highest BCUT2D eigenvalue weighted by Crippen LogP contribution is 2.40. The number of halogens is 3. The van der Waals surface area contributed by atoms with Crippen LogP contribution in [0.15, 0.2) is 54.7 Å². The maximum atomic E-state index is 13.9. The number of aryl methyl sites for hydroxylation is 1. The van der Waals surface area contributed by atoms with E-state index in [0.717, 1.165) is 23.1 Å². The summed E-state index contributed by atoms with van der Waals surface area (Å²) in [6, 6.07) is 14.0. The van der Waals surface area contributed by atoms with Gasteiger partial charge in [-0.3, -0.25) is 4.79 Å². The van der Waals surface area contributed by atoms with Gasteiger partial charge < -0.3 is 19.6 Å². The molecule has 1 amide bonds. The van der Waals surface area contributed by atoms with Gasteiger partial charge in [-0.15, -0.1) is 0 Å². The molecule has 0 unspecified atom stereocenters. The summed E-state index contributed by atoms with van der Waals surface area (Å²) in [4.78, 5) is 22.0. The number of ether oxygens (including phenoxy) is 1. The van der Waals surface area contributed by atoms with Crippen molar-refractivity contribution in [3.05, 3.63) is 70.9 Å². The molecule has 0 radical (unpaired) electrons. The normalized spacial score (nSPS) is 17.7. The highest BCUT2D eigenvalue weighted by molar-refractivity contribution is 6.30. The average Bonchev–Trinajstić information content (AvgIpc) is 3.21. The van der Waals surface area contributed by atoms with Gasteiger partial charge >= 0.3 is 6.61 Å². The Bertz CT molecular complexity index is 1350. The molecule has 202 valence electrons. The van der Waals surface area contributed by atoms with Crippen LogP contribution in [-0.4, -0.2) is 41.9 Å². The molecule has 38 heavy (non-hydrogen) atoms. The molecule has 1 atom stereocenters. The highest BCUT2D eigenvalue weighted by atomic mass is 35.5. The Kier molecular flexibility index (Phi) is 7.68. The Morgan fingerprint density at radius 3 is 2.55 bits per heavy atom. The number of pyridine rings is 1. The molecule has 0 saturated carbocycles. The van der Waals surface area contributed by atoms with Crippen molar-refractivity contribution in [1.29, 1.82) is 0 Å². The molecule has 1 saturated heterocycles. The number of aliphatic hydroxyl groups is 1. The Labute approximate surface area is 226 Å². The summed E-state index contributed by atoms with van der Waals surface area (Å²) in [5, 5.41) is 11.1. The topological polar surface area (TPSA) is 65.9 Å². The Morgan fingerprint density at radius 1 is 1.21 bits per heavy atom. The number of likely N-dealkylation sites (N-methyl/N-ethyl adjacent to an activating group) is 1. The lowest BCUT2D eigenvalue weighted by molar-refractivity contribution is -0.122. The zero-order valence-corrected chi connectivity index (χ0v) is 22.9. The molecule has 1 N–H and O–H groups in total. The molecule has 1 aromatic heterocycles. The van der Waals surface area contributed by atoms with E-state index in [1.807, 2.05) is 42.2 Å². The van der Waals surface area contributed by atoms with Crippen LogP contribution < -0.4 is 14.5 Å². The van der Waals surface area contributed by atoms with Crippen LogP contribution in [-0.2, 0) is 10.2 Å². The first-order valence-electron chi connectivity index (χ1n) is 12.4. The predicted molar refractivity (Wildman–Crippen MR) is 146 cm³/mol. The van der Waals surface area contributed by atoms with Gasteiger partial charge in [-0.05, 0) is 81.5 Å². The van der Waals surface area contributed by atoms with Crippen LogP contribution in [0, 0.1) is 6.92 Å². The minimum atomic E-state index is -3.01. The Morgan fingerprint density at radius 2 is 1.92 bits per heavy atom. The molecule has 0 spiro atoms. The number of amides is 1. The van der Waals surface area contributed by atoms with E-state index in [4.69, 9.17) is 11.6 Å². The van der Waals surface area contributed by atoms with E-state index in [1.165, 1.54) is 17.0 Å². The summed E-state index contributed by atoms with van der Waals surface area (Å²) in [6.45, 7) is 4.85. The summed E-state index contributed by atoms with van der Waals surface area (Å²) in [5.74, 6) is 0.217. The number of aromatic nitrogens is 1. The van der Waals surface area contributed by atoms with Crippen LogP contribution in [0.4, 0.5) is 20.3 Å². The second kappa shape index (κ2) is 10.5. The average molecular weight is 544 g/mol. The van der Waals surface area contributed by atoms with Crippen molar-refractivity contribution in [3.63, 3.8) is 0 Å². The minimum absolute atomic E-state index is 0.115. The Hall–Kier alpha value is -3.23. The molecule has 2 aromatic carbocycles. The van der Waals surface area contributed by atoms with Crippen molar-refractivity contribution in [2.24, 2.45) is 0 Å². The van der Waals surface area contributed by atoms with Crippen LogP contribution in [0.5, 0.6) is 5.75 Å². The van der Waals surface area contributed by atoms with Gasteiger partial charge in [0.05, 0.1) is 17.3 Å². The van der Waals surface area contributed by atoms with Crippen molar-refractivity contribution >= 4 is 29.0 Å². The first-order chi connectivity index (χ1) is 17.8. The van der Waals surface area contributed by atoms with Crippen molar-refractivity contribution in [2.45, 2.75) is 58.3 Å². The summed E-state index contributed by atoms with van der Waals surface area (Å²) in [7, 11) is 1.66. The lowest BCUT2D eigenvalue weighted by Gasteiger charge is -2.33. The van der Waals surface area contributed by atoms with E-state index >= 15 is 0 Å². The third-order valence-electron chi connectivity index (χ3n) is 7.21. The smallest absolute Gasteiger partial charge is 0.387 e. The summed E-state index contributed by atoms with van der Waals surface area (Å²) in [5.41, 5.74) is 1.60. The number of anilines is 2. The lowest BCUT2D eigenvalue weighted by atomic mass is 9.83. The van der Waals surface area contributed by atoms with E-state index in [0.29, 0.717) is 30.0 Å². The number of hydrogen-bond donors (Lipinski definition) is 1. The fraction of sp³-hybridized carbons (Fsp3) is 0.379. The SMILES string of the molecule is Cc1ccccc1-c1cc(N2CCC[C@]2(C)O)ncc1N(C)C(=O)C(C)(C)c1cc(Cl)cc(OC(F)F)c1. The van der Waals surface area contributed by atoms with Gasteiger partial charge in [0, 0.05) is 24.2 Å². The molecular formula is C29H32ClF2N3O3. The number of nitrogens with zero attached hydrogens (tertiary/aromatic N) is 3. The van der Waals surface area contributed by atoms with Gasteiger partial charge in [0.2, 0.25) is 5.91 Å². The fourth-order valence-corrected chi connectivity index (χ4v) is 5.22. The largest absolute Gasteiger partial charge is 0.435 e. The van der Waals surface area contributed by atoms with E-state index in [2.05, 4.69) is 9.72 Å². The number of benzene rings is 2. The second-order valence-corrected chi connectivity index (χ2v) is 10.8. The summed E-state index contributed by atoms with van der Waals surface area (Å²) < 4.78 is 30.3. The molecule has 0 aliphatic carbocycles. The molecule has 1 aliphatic rings. The first kappa shape index (κ1) is 27.8. The molecule has 0 bridgehead atoms. The fourth-order valence-electron chi connectivity index (χ4n) is 5.00. The third-order valence-corrected chi connectivity index (χ3v) is 7.43. The van der Waals surface area contributed by atoms with Crippen LogP contribution in [0.3, 0.4) is 0 Å². The highest BCUT2D eigenvalue weighted by Gasteiger charge is 2.37. The van der Waals surface area contributed by atoms with E-state index in [9.17, 15) is 18.7 Å². The molecule has 6 nitrogen and oxygen atoms in total. The van der Waals surface area contributed by atoms with Gasteiger partial charge in [0.15, 0.2) is 0 Å². The standard InChI is InChI=1S/C29H32ClF2N3O3/c1-18-9-6-7-10-22(18)23-16-25(35-12-8-11-29(35,4)37)33-17-24(23)34(5)26(36)28(2,3)19-13-20(30)15-21(14-19)38-27(31)32/h6-7,9-10,13-17,27,37H,8,11-12H2,1-5H3/t29-/m0/s1. The van der Waals surface area contributed by atoms with Crippen LogP contribution >= 0.6 is 11.6 Å². The van der Waals surface area contributed by atoms with Gasteiger partial charge in [-0.2, -0.15) is 8.78 Å². The van der Waals surface area contributed by atoms with Crippen LogP contribution in [0.1, 0.15) is 44.7 Å². The molecule has 1 fully saturated rings. The van der Waals surface area contributed by atoms with Gasteiger partial charge in [-0.25, -0.2) is 4.98 Å². The second-order valence-electron chi connectivity index (χ2n) is 10.4. The zero-order chi connectivity index (χ0) is 27.8. The Balaban J connectivity index is 1.78. The van der Waals surface area contributed by atoms with Crippen molar-refractivity contribution in [3.8, 4) is 16.9 Å². The number of carbonyl (C=O) groups is 1. The summed E-state index contributed by atoms with van der Waals surface area (Å²) in [6.07, 6.45) is 3.13. The molecule has 2 heterocycles. The van der Waals surface area contributed by atoms with E-state index in [-0.39, 0.29) is 16.7 Å². The first-order valence-corrected chi connectivity index (χ1v) is 12.8. The van der Waals surface area contributed by atoms with Crippen LogP contribution in [0.25, 0.3) is 11.1 Å². The maximum absolute atomic E-state index is 13.9. The number of alkyl halides is 2. The third kappa shape index (κ3) is 5.47. The number of rotatable bonds is 7. The minimum Gasteiger partial charge on any atom is -0.435 e. The van der Waals surface area contributed by atoms with Crippen molar-refractivity contribution < 1.29 is 23.4 Å². The molecular weight excluding hydrogens is 512 g/mol. The number of hydrogen-bond acceptors (Lipinski definition) is 5. The lowest BCUT2D eigenvalue weighted by Crippen LogP contribution is -2.42. The predicted octanol–water partition coefficient (Wildman–Crippen LogP) is 6.56. The molecule has 3 aromatic rings. The van der Waals surface area contributed by atoms with Crippen LogP contribution in [0.2, 0.25) is 5.02 Å².